The largest absolute Gasteiger partial charge is 0.496 e. The molecule has 0 saturated heterocycles. The quantitative estimate of drug-likeness (QED) is 0.896. The molecule has 1 aliphatic rings. The molecule has 2 aromatic rings. The molecular weight excluding hydrogens is 245 g/mol. The van der Waals surface area contributed by atoms with Crippen LogP contribution in [0, 0.1) is 5.82 Å². The molecule has 0 atom stereocenters. The van der Waals surface area contributed by atoms with Gasteiger partial charge >= 0.3 is 0 Å². The van der Waals surface area contributed by atoms with Crippen LogP contribution in [-0.4, -0.2) is 13.2 Å². The van der Waals surface area contributed by atoms with Crippen molar-refractivity contribution in [1.82, 2.24) is 5.32 Å². The summed E-state index contributed by atoms with van der Waals surface area (Å²) in [5.74, 6) is 1.79. The molecule has 0 bridgehead atoms. The van der Waals surface area contributed by atoms with Crippen LogP contribution in [0.1, 0.15) is 18.6 Å². The predicted octanol–water partition coefficient (Wildman–Crippen LogP) is 3.35. The maximum Gasteiger partial charge on any atom is 0.138 e. The summed E-state index contributed by atoms with van der Waals surface area (Å²) in [7, 11) is 1.56. The van der Waals surface area contributed by atoms with Gasteiger partial charge in [-0.2, -0.15) is 0 Å². The summed E-state index contributed by atoms with van der Waals surface area (Å²) in [5.41, 5.74) is 0.639. The molecule has 1 aromatic heterocycles. The first kappa shape index (κ1) is 12.2. The van der Waals surface area contributed by atoms with Crippen molar-refractivity contribution in [1.29, 1.82) is 0 Å². The second-order valence-electron chi connectivity index (χ2n) is 4.77. The van der Waals surface area contributed by atoms with Crippen molar-refractivity contribution in [3.8, 4) is 17.1 Å². The van der Waals surface area contributed by atoms with E-state index in [9.17, 15) is 4.39 Å². The van der Waals surface area contributed by atoms with E-state index in [1.54, 1.807) is 13.2 Å². The maximum atomic E-state index is 13.3. The van der Waals surface area contributed by atoms with E-state index in [0.29, 0.717) is 29.7 Å². The molecule has 1 aliphatic carbocycles. The van der Waals surface area contributed by atoms with E-state index in [4.69, 9.17) is 9.15 Å². The smallest absolute Gasteiger partial charge is 0.138 e. The highest BCUT2D eigenvalue weighted by atomic mass is 19.1. The topological polar surface area (TPSA) is 34.4 Å². The molecule has 4 heteroatoms. The SMILES string of the molecule is COc1ccc(F)cc1-c1ccc(CNC2CC2)o1. The Morgan fingerprint density at radius 2 is 2.16 bits per heavy atom. The third-order valence-corrected chi connectivity index (χ3v) is 3.23. The van der Waals surface area contributed by atoms with Crippen molar-refractivity contribution in [2.75, 3.05) is 7.11 Å². The number of halogens is 1. The van der Waals surface area contributed by atoms with Crippen molar-refractivity contribution in [2.24, 2.45) is 0 Å². The second kappa shape index (κ2) is 5.05. The van der Waals surface area contributed by atoms with E-state index in [-0.39, 0.29) is 5.82 Å². The lowest BCUT2D eigenvalue weighted by molar-refractivity contribution is 0.412. The van der Waals surface area contributed by atoms with Crippen LogP contribution in [0.15, 0.2) is 34.7 Å². The molecule has 19 heavy (non-hydrogen) atoms. The first-order valence-corrected chi connectivity index (χ1v) is 6.42. The number of furan rings is 1. The standard InChI is InChI=1S/C15H16FNO2/c1-18-14-6-2-10(16)8-13(14)15-7-5-12(19-15)9-17-11-3-4-11/h2,5-8,11,17H,3-4,9H2,1H3. The first-order chi connectivity index (χ1) is 9.26. The van der Waals surface area contributed by atoms with Crippen LogP contribution in [0.3, 0.4) is 0 Å². The summed E-state index contributed by atoms with van der Waals surface area (Å²) in [4.78, 5) is 0. The average molecular weight is 261 g/mol. The van der Waals surface area contributed by atoms with Gasteiger partial charge < -0.3 is 14.5 Å². The lowest BCUT2D eigenvalue weighted by Gasteiger charge is -2.06. The fourth-order valence-electron chi connectivity index (χ4n) is 2.02. The molecule has 1 N–H and O–H groups in total. The van der Waals surface area contributed by atoms with E-state index in [2.05, 4.69) is 5.32 Å². The number of rotatable bonds is 5. The Morgan fingerprint density at radius 1 is 1.32 bits per heavy atom. The highest BCUT2D eigenvalue weighted by Crippen LogP contribution is 2.32. The van der Waals surface area contributed by atoms with E-state index in [1.807, 2.05) is 12.1 Å². The monoisotopic (exact) mass is 261 g/mol. The molecule has 0 radical (unpaired) electrons. The zero-order valence-electron chi connectivity index (χ0n) is 10.8. The Labute approximate surface area is 111 Å². The second-order valence-corrected chi connectivity index (χ2v) is 4.77. The number of hydrogen-bond acceptors (Lipinski definition) is 3. The molecular formula is C15H16FNO2. The number of nitrogens with one attached hydrogen (secondary N) is 1. The molecule has 0 amide bonds. The van der Waals surface area contributed by atoms with Gasteiger partial charge in [0, 0.05) is 6.04 Å². The van der Waals surface area contributed by atoms with Crippen molar-refractivity contribution >= 4 is 0 Å². The first-order valence-electron chi connectivity index (χ1n) is 6.42. The maximum absolute atomic E-state index is 13.3. The number of hydrogen-bond donors (Lipinski definition) is 1. The average Bonchev–Trinajstić information content (AvgIpc) is 3.13. The summed E-state index contributed by atoms with van der Waals surface area (Å²) in [5, 5.41) is 3.38. The van der Waals surface area contributed by atoms with Gasteiger partial charge in [0.25, 0.3) is 0 Å². The normalized spacial score (nSPS) is 14.6. The molecule has 0 unspecified atom stereocenters. The Balaban J connectivity index is 1.82. The minimum atomic E-state index is -0.301. The highest BCUT2D eigenvalue weighted by molar-refractivity contribution is 5.66. The van der Waals surface area contributed by atoms with Gasteiger partial charge in [-0.15, -0.1) is 0 Å². The van der Waals surface area contributed by atoms with Gasteiger partial charge in [-0.05, 0) is 43.2 Å². The molecule has 100 valence electrons. The fourth-order valence-corrected chi connectivity index (χ4v) is 2.02. The van der Waals surface area contributed by atoms with Gasteiger partial charge in [-0.1, -0.05) is 0 Å². The number of methoxy groups -OCH3 is 1. The number of benzene rings is 1. The van der Waals surface area contributed by atoms with Crippen LogP contribution in [0.5, 0.6) is 5.75 Å². The van der Waals surface area contributed by atoms with Gasteiger partial charge in [0.15, 0.2) is 0 Å². The zero-order chi connectivity index (χ0) is 13.2. The molecule has 3 rings (SSSR count). The molecule has 1 heterocycles. The van der Waals surface area contributed by atoms with Crippen LogP contribution in [-0.2, 0) is 6.54 Å². The Kier molecular flexibility index (Phi) is 3.25. The van der Waals surface area contributed by atoms with E-state index < -0.39 is 0 Å². The van der Waals surface area contributed by atoms with Gasteiger partial charge in [-0.25, -0.2) is 4.39 Å². The van der Waals surface area contributed by atoms with Crippen LogP contribution >= 0.6 is 0 Å². The van der Waals surface area contributed by atoms with Crippen molar-refractivity contribution in [2.45, 2.75) is 25.4 Å². The number of ether oxygens (including phenoxy) is 1. The van der Waals surface area contributed by atoms with E-state index in [1.165, 1.54) is 25.0 Å². The lowest BCUT2D eigenvalue weighted by Crippen LogP contribution is -2.14. The Morgan fingerprint density at radius 3 is 2.89 bits per heavy atom. The van der Waals surface area contributed by atoms with E-state index >= 15 is 0 Å². The lowest BCUT2D eigenvalue weighted by atomic mass is 10.1. The summed E-state index contributed by atoms with van der Waals surface area (Å²) in [6, 6.07) is 8.81. The molecule has 0 spiro atoms. The molecule has 1 saturated carbocycles. The van der Waals surface area contributed by atoms with Crippen LogP contribution < -0.4 is 10.1 Å². The fraction of sp³-hybridized carbons (Fsp3) is 0.333. The summed E-state index contributed by atoms with van der Waals surface area (Å²) in [6.07, 6.45) is 2.48. The van der Waals surface area contributed by atoms with E-state index in [0.717, 1.165) is 5.76 Å². The molecule has 0 aliphatic heterocycles. The minimum absolute atomic E-state index is 0.301. The van der Waals surface area contributed by atoms with Gasteiger partial charge in [0.05, 0.1) is 19.2 Å². The summed E-state index contributed by atoms with van der Waals surface area (Å²) in [6.45, 7) is 0.711. The summed E-state index contributed by atoms with van der Waals surface area (Å²) < 4.78 is 24.3. The Hall–Kier alpha value is -1.81. The molecule has 1 aromatic carbocycles. The highest BCUT2D eigenvalue weighted by Gasteiger charge is 2.20. The molecule has 1 fully saturated rings. The molecule has 3 nitrogen and oxygen atoms in total. The van der Waals surface area contributed by atoms with Crippen molar-refractivity contribution in [3.05, 3.63) is 41.9 Å². The summed E-state index contributed by atoms with van der Waals surface area (Å²) >= 11 is 0. The minimum Gasteiger partial charge on any atom is -0.496 e. The van der Waals surface area contributed by atoms with Crippen LogP contribution in [0.2, 0.25) is 0 Å². The third-order valence-electron chi connectivity index (χ3n) is 3.23. The van der Waals surface area contributed by atoms with Crippen molar-refractivity contribution in [3.63, 3.8) is 0 Å². The van der Waals surface area contributed by atoms with Gasteiger partial charge in [0.2, 0.25) is 0 Å². The van der Waals surface area contributed by atoms with Crippen LogP contribution in [0.25, 0.3) is 11.3 Å². The van der Waals surface area contributed by atoms with Crippen molar-refractivity contribution < 1.29 is 13.5 Å². The zero-order valence-corrected chi connectivity index (χ0v) is 10.8. The predicted molar refractivity (Wildman–Crippen MR) is 70.5 cm³/mol. The van der Waals surface area contributed by atoms with Gasteiger partial charge in [0.1, 0.15) is 23.1 Å². The third kappa shape index (κ3) is 2.79. The van der Waals surface area contributed by atoms with Crippen LogP contribution in [0.4, 0.5) is 4.39 Å². The van der Waals surface area contributed by atoms with Gasteiger partial charge in [-0.3, -0.25) is 0 Å². The Bertz CT molecular complexity index is 575.